The molecule has 0 aliphatic rings. The smallest absolute Gasteiger partial charge is 0.123 e. The van der Waals surface area contributed by atoms with Crippen molar-refractivity contribution in [2.24, 2.45) is 5.92 Å². The number of rotatable bonds is 2. The molecule has 0 fully saturated rings. The summed E-state index contributed by atoms with van der Waals surface area (Å²) in [6, 6.07) is 6.43. The van der Waals surface area contributed by atoms with Gasteiger partial charge in [0, 0.05) is 0 Å². The fourth-order valence-electron chi connectivity index (χ4n) is 1.37. The Hall–Kier alpha value is -1.36. The maximum atomic E-state index is 13.0. The maximum absolute atomic E-state index is 13.0. The summed E-state index contributed by atoms with van der Waals surface area (Å²) in [4.78, 5) is 0. The Morgan fingerprint density at radius 2 is 1.93 bits per heavy atom. The summed E-state index contributed by atoms with van der Waals surface area (Å²) in [7, 11) is 0. The molecule has 2 heteroatoms. The summed E-state index contributed by atoms with van der Waals surface area (Å²) >= 11 is 0. The molecule has 0 aliphatic carbocycles. The van der Waals surface area contributed by atoms with Gasteiger partial charge in [-0.25, -0.2) is 4.39 Å². The van der Waals surface area contributed by atoms with Crippen molar-refractivity contribution in [2.75, 3.05) is 0 Å². The molecule has 0 saturated heterocycles. The molecule has 0 amide bonds. The quantitative estimate of drug-likeness (QED) is 0.702. The van der Waals surface area contributed by atoms with E-state index in [1.54, 1.807) is 6.07 Å². The van der Waals surface area contributed by atoms with Crippen LogP contribution in [0.3, 0.4) is 0 Å². The monoisotopic (exact) mass is 191 g/mol. The predicted molar refractivity (Wildman–Crippen MR) is 54.4 cm³/mol. The van der Waals surface area contributed by atoms with Crippen LogP contribution in [0, 0.1) is 23.1 Å². The standard InChI is InChI=1S/C12H14FN/c1-8(2)9(3)12-6-11(13)5-4-10(12)7-14/h4-6,8-9H,1-3H3. The first kappa shape index (κ1) is 10.7. The normalized spacial score (nSPS) is 12.6. The van der Waals surface area contributed by atoms with E-state index in [9.17, 15) is 4.39 Å². The van der Waals surface area contributed by atoms with Crippen LogP contribution in [0.5, 0.6) is 0 Å². The second-order valence-electron chi connectivity index (χ2n) is 3.88. The summed E-state index contributed by atoms with van der Waals surface area (Å²) in [5.74, 6) is 0.343. The molecule has 0 radical (unpaired) electrons. The molecule has 1 rings (SSSR count). The van der Waals surface area contributed by atoms with E-state index in [2.05, 4.69) is 19.9 Å². The molecule has 0 aliphatic heterocycles. The van der Waals surface area contributed by atoms with Crippen molar-refractivity contribution >= 4 is 0 Å². The summed E-state index contributed by atoms with van der Waals surface area (Å²) in [5.41, 5.74) is 1.38. The van der Waals surface area contributed by atoms with E-state index in [0.29, 0.717) is 11.5 Å². The number of nitrogens with zero attached hydrogens (tertiary/aromatic N) is 1. The fraction of sp³-hybridized carbons (Fsp3) is 0.417. The maximum Gasteiger partial charge on any atom is 0.123 e. The summed E-state index contributed by atoms with van der Waals surface area (Å²) < 4.78 is 13.0. The van der Waals surface area contributed by atoms with Crippen LogP contribution in [-0.4, -0.2) is 0 Å². The first-order valence-corrected chi connectivity index (χ1v) is 4.75. The van der Waals surface area contributed by atoms with Gasteiger partial charge in [-0.3, -0.25) is 0 Å². The minimum Gasteiger partial charge on any atom is -0.207 e. The third kappa shape index (κ3) is 2.11. The lowest BCUT2D eigenvalue weighted by molar-refractivity contribution is 0.529. The minimum atomic E-state index is -0.272. The highest BCUT2D eigenvalue weighted by atomic mass is 19.1. The van der Waals surface area contributed by atoms with Crippen LogP contribution in [0.1, 0.15) is 37.8 Å². The topological polar surface area (TPSA) is 23.8 Å². The molecule has 1 nitrogen and oxygen atoms in total. The SMILES string of the molecule is CC(C)C(C)c1cc(F)ccc1C#N. The van der Waals surface area contributed by atoms with Crippen LogP contribution in [0.2, 0.25) is 0 Å². The molecule has 0 N–H and O–H groups in total. The number of hydrogen-bond acceptors (Lipinski definition) is 1. The van der Waals surface area contributed by atoms with Crippen LogP contribution < -0.4 is 0 Å². The van der Waals surface area contributed by atoms with Gasteiger partial charge in [0.25, 0.3) is 0 Å². The van der Waals surface area contributed by atoms with Gasteiger partial charge in [0.2, 0.25) is 0 Å². The Morgan fingerprint density at radius 1 is 1.29 bits per heavy atom. The fourth-order valence-corrected chi connectivity index (χ4v) is 1.37. The Kier molecular flexibility index (Phi) is 3.24. The molecule has 0 spiro atoms. The second kappa shape index (κ2) is 4.23. The molecule has 1 aromatic rings. The zero-order chi connectivity index (χ0) is 10.7. The van der Waals surface area contributed by atoms with Gasteiger partial charge in [0.15, 0.2) is 0 Å². The first-order valence-electron chi connectivity index (χ1n) is 4.75. The summed E-state index contributed by atoms with van der Waals surface area (Å²) in [6.45, 7) is 6.15. The van der Waals surface area contributed by atoms with Crippen molar-refractivity contribution in [3.63, 3.8) is 0 Å². The third-order valence-corrected chi connectivity index (χ3v) is 2.62. The van der Waals surface area contributed by atoms with E-state index in [4.69, 9.17) is 5.26 Å². The molecule has 0 bridgehead atoms. The average molecular weight is 191 g/mol. The zero-order valence-electron chi connectivity index (χ0n) is 8.71. The molecular weight excluding hydrogens is 177 g/mol. The lowest BCUT2D eigenvalue weighted by atomic mass is 9.87. The van der Waals surface area contributed by atoms with E-state index in [1.165, 1.54) is 12.1 Å². The van der Waals surface area contributed by atoms with Gasteiger partial charge in [-0.05, 0) is 35.6 Å². The van der Waals surface area contributed by atoms with Crippen molar-refractivity contribution in [3.8, 4) is 6.07 Å². The number of nitriles is 1. The highest BCUT2D eigenvalue weighted by Crippen LogP contribution is 2.26. The Bertz CT molecular complexity index is 363. The van der Waals surface area contributed by atoms with Crippen LogP contribution in [0.15, 0.2) is 18.2 Å². The Morgan fingerprint density at radius 3 is 2.43 bits per heavy atom. The van der Waals surface area contributed by atoms with Crippen LogP contribution in [0.4, 0.5) is 4.39 Å². The Balaban J connectivity index is 3.18. The number of benzene rings is 1. The molecule has 1 aromatic carbocycles. The lowest BCUT2D eigenvalue weighted by Crippen LogP contribution is -2.04. The molecule has 1 unspecified atom stereocenters. The molecule has 0 saturated carbocycles. The van der Waals surface area contributed by atoms with Crippen molar-refractivity contribution in [2.45, 2.75) is 26.7 Å². The number of hydrogen-bond donors (Lipinski definition) is 0. The van der Waals surface area contributed by atoms with Gasteiger partial charge < -0.3 is 0 Å². The van der Waals surface area contributed by atoms with E-state index >= 15 is 0 Å². The highest BCUT2D eigenvalue weighted by Gasteiger charge is 2.14. The lowest BCUT2D eigenvalue weighted by Gasteiger charge is -2.17. The molecule has 0 aromatic heterocycles. The van der Waals surface area contributed by atoms with Gasteiger partial charge in [0.05, 0.1) is 11.6 Å². The molecule has 1 atom stereocenters. The largest absolute Gasteiger partial charge is 0.207 e. The molecule has 14 heavy (non-hydrogen) atoms. The average Bonchev–Trinajstić information content (AvgIpc) is 2.16. The van der Waals surface area contributed by atoms with Gasteiger partial charge in [-0.15, -0.1) is 0 Å². The summed E-state index contributed by atoms with van der Waals surface area (Å²) in [5, 5.41) is 8.87. The molecule has 0 heterocycles. The van der Waals surface area contributed by atoms with Crippen molar-refractivity contribution in [3.05, 3.63) is 35.1 Å². The van der Waals surface area contributed by atoms with E-state index in [1.807, 2.05) is 6.92 Å². The van der Waals surface area contributed by atoms with Gasteiger partial charge in [-0.2, -0.15) is 5.26 Å². The zero-order valence-corrected chi connectivity index (χ0v) is 8.71. The van der Waals surface area contributed by atoms with Crippen LogP contribution in [-0.2, 0) is 0 Å². The van der Waals surface area contributed by atoms with Crippen molar-refractivity contribution < 1.29 is 4.39 Å². The van der Waals surface area contributed by atoms with E-state index < -0.39 is 0 Å². The second-order valence-corrected chi connectivity index (χ2v) is 3.88. The molecular formula is C12H14FN. The number of halogens is 1. The third-order valence-electron chi connectivity index (χ3n) is 2.62. The summed E-state index contributed by atoms with van der Waals surface area (Å²) in [6.07, 6.45) is 0. The van der Waals surface area contributed by atoms with E-state index in [0.717, 1.165) is 5.56 Å². The van der Waals surface area contributed by atoms with Gasteiger partial charge in [-0.1, -0.05) is 20.8 Å². The van der Waals surface area contributed by atoms with Crippen LogP contribution >= 0.6 is 0 Å². The van der Waals surface area contributed by atoms with Gasteiger partial charge in [0.1, 0.15) is 5.82 Å². The molecule has 74 valence electrons. The first-order chi connectivity index (χ1) is 6.56. The minimum absolute atomic E-state index is 0.209. The van der Waals surface area contributed by atoms with Crippen LogP contribution in [0.25, 0.3) is 0 Å². The van der Waals surface area contributed by atoms with Crippen molar-refractivity contribution in [1.82, 2.24) is 0 Å². The van der Waals surface area contributed by atoms with E-state index in [-0.39, 0.29) is 11.7 Å². The predicted octanol–water partition coefficient (Wildman–Crippen LogP) is 3.46. The van der Waals surface area contributed by atoms with Gasteiger partial charge >= 0.3 is 0 Å². The van der Waals surface area contributed by atoms with Crippen molar-refractivity contribution in [1.29, 1.82) is 5.26 Å². The Labute approximate surface area is 84.2 Å². The highest BCUT2D eigenvalue weighted by molar-refractivity contribution is 5.40.